The van der Waals surface area contributed by atoms with E-state index >= 15 is 0 Å². The zero-order valence-corrected chi connectivity index (χ0v) is 19.9. The first kappa shape index (κ1) is 23.7. The van der Waals surface area contributed by atoms with E-state index < -0.39 is 5.97 Å². The number of aromatic nitrogens is 5. The van der Waals surface area contributed by atoms with E-state index in [9.17, 15) is 9.90 Å². The Morgan fingerprint density at radius 2 is 1.75 bits per heavy atom. The molecule has 2 aromatic heterocycles. The Kier molecular flexibility index (Phi) is 6.31. The minimum Gasteiger partial charge on any atom is -0.478 e. The van der Waals surface area contributed by atoms with E-state index in [2.05, 4.69) is 20.6 Å². The number of aryl methyl sites for hydroxylation is 1. The van der Waals surface area contributed by atoms with Gasteiger partial charge in [0.25, 0.3) is 0 Å². The number of ether oxygens (including phenoxy) is 1. The van der Waals surface area contributed by atoms with Gasteiger partial charge in [-0.2, -0.15) is 5.21 Å². The molecule has 3 aromatic carbocycles. The molecule has 5 aromatic rings. The first-order valence-corrected chi connectivity index (χ1v) is 11.4. The summed E-state index contributed by atoms with van der Waals surface area (Å²) >= 11 is 0. The van der Waals surface area contributed by atoms with Crippen LogP contribution >= 0.6 is 0 Å². The number of aromatic amines is 1. The normalized spacial score (nSPS) is 12.8. The fourth-order valence-corrected chi connectivity index (χ4v) is 4.46. The first-order chi connectivity index (χ1) is 17.1. The molecule has 173 valence electrons. The first-order valence-electron chi connectivity index (χ1n) is 11.4. The summed E-state index contributed by atoms with van der Waals surface area (Å²) in [6.07, 6.45) is 1.96. The average molecular weight is 470 g/mol. The van der Waals surface area contributed by atoms with Gasteiger partial charge in [0, 0.05) is 35.7 Å². The van der Waals surface area contributed by atoms with Crippen LogP contribution in [0, 0.1) is 6.92 Å². The molecule has 1 fully saturated rings. The molecule has 1 aliphatic carbocycles. The fourth-order valence-electron chi connectivity index (χ4n) is 4.46. The second kappa shape index (κ2) is 9.57. The zero-order chi connectivity index (χ0) is 23.9. The molecule has 8 nitrogen and oxygen atoms in total. The van der Waals surface area contributed by atoms with Crippen LogP contribution in [0.2, 0.25) is 0 Å². The Balaban J connectivity index is 0.00000267. The Morgan fingerprint density at radius 1 is 1.00 bits per heavy atom. The summed E-state index contributed by atoms with van der Waals surface area (Å²) in [6.45, 7) is 1.90. The van der Waals surface area contributed by atoms with Crippen LogP contribution in [-0.2, 0) is 0 Å². The number of hydrogen-bond donors (Lipinski definition) is 2. The zero-order valence-electron chi connectivity index (χ0n) is 19.9. The second-order valence-electron chi connectivity index (χ2n) is 8.66. The van der Waals surface area contributed by atoms with Gasteiger partial charge in [-0.15, -0.1) is 10.2 Å². The molecule has 2 heterocycles. The third-order valence-electron chi connectivity index (χ3n) is 6.28. The van der Waals surface area contributed by atoms with Crippen LogP contribution in [0.5, 0.6) is 11.5 Å². The summed E-state index contributed by atoms with van der Waals surface area (Å²) in [5.41, 5.74) is 5.18. The summed E-state index contributed by atoms with van der Waals surface area (Å²) in [5, 5.41) is 25.1. The Bertz CT molecular complexity index is 1570. The average Bonchev–Trinajstić information content (AvgIpc) is 3.57. The second-order valence-corrected chi connectivity index (χ2v) is 8.66. The van der Waals surface area contributed by atoms with Gasteiger partial charge in [-0.3, -0.25) is 0 Å². The molecule has 6 rings (SSSR count). The van der Waals surface area contributed by atoms with Gasteiger partial charge in [0.05, 0.1) is 11.2 Å². The quantitative estimate of drug-likeness (QED) is 0.320. The third kappa shape index (κ3) is 4.26. The van der Waals surface area contributed by atoms with Crippen LogP contribution in [0.1, 0.15) is 40.4 Å². The number of nitrogens with one attached hydrogen (secondary N) is 1. The topological polar surface area (TPSA) is 114 Å². The molecular weight excluding hydrogens is 449 g/mol. The maximum Gasteiger partial charge on any atom is 0.340 e. The molecule has 0 unspecified atom stereocenters. The number of H-pyrrole nitrogens is 1. The molecule has 0 amide bonds. The number of nitrogens with zero attached hydrogens (tertiary/aromatic N) is 4. The van der Waals surface area contributed by atoms with E-state index in [4.69, 9.17) is 9.72 Å². The molecule has 2 N–H and O–H groups in total. The predicted octanol–water partition coefficient (Wildman–Crippen LogP) is 5.38. The van der Waals surface area contributed by atoms with Crippen molar-refractivity contribution in [2.45, 2.75) is 25.7 Å². The van der Waals surface area contributed by atoms with E-state index in [0.29, 0.717) is 33.9 Å². The van der Waals surface area contributed by atoms with E-state index in [-0.39, 0.29) is 30.3 Å². The SMILES string of the molecule is Cc1cccc2nc(C3CC3)c(Oc3ccc(-c4ccccc4-c4nn[nH]n4)cc3)c(C(=O)O)c12.[Li]. The number of pyridine rings is 1. The monoisotopic (exact) mass is 470 g/mol. The number of benzene rings is 3. The molecule has 36 heavy (non-hydrogen) atoms. The van der Waals surface area contributed by atoms with Crippen molar-refractivity contribution >= 4 is 35.7 Å². The smallest absolute Gasteiger partial charge is 0.340 e. The number of carbonyl (C=O) groups is 1. The standard InChI is InChI=1S/C27H21N5O3.Li/c1-15-5-4-8-21-22(15)23(27(33)34)25(24(28-21)17-9-10-17)35-18-13-11-16(12-14-18)19-6-2-3-7-20(19)26-29-31-32-30-26;/h2-8,11-14,17H,9-10H2,1H3,(H,33,34)(H,29,30,31,32);. The molecule has 0 spiro atoms. The van der Waals surface area contributed by atoms with Crippen molar-refractivity contribution in [3.63, 3.8) is 0 Å². The number of carboxylic acid groups (broad SMARTS) is 1. The van der Waals surface area contributed by atoms with Gasteiger partial charge >= 0.3 is 5.97 Å². The maximum absolute atomic E-state index is 12.4. The summed E-state index contributed by atoms with van der Waals surface area (Å²) in [6, 6.07) is 21.0. The molecule has 0 saturated heterocycles. The van der Waals surface area contributed by atoms with Crippen LogP contribution in [0.4, 0.5) is 0 Å². The minimum absolute atomic E-state index is 0. The van der Waals surface area contributed by atoms with E-state index in [0.717, 1.165) is 35.1 Å². The number of carboxylic acids is 1. The van der Waals surface area contributed by atoms with Gasteiger partial charge in [0.15, 0.2) is 5.75 Å². The van der Waals surface area contributed by atoms with Gasteiger partial charge < -0.3 is 9.84 Å². The fraction of sp³-hybridized carbons (Fsp3) is 0.148. The number of hydrogen-bond acceptors (Lipinski definition) is 6. The summed E-state index contributed by atoms with van der Waals surface area (Å²) in [5.74, 6) is 0.591. The van der Waals surface area contributed by atoms with Crippen molar-refractivity contribution in [1.82, 2.24) is 25.6 Å². The van der Waals surface area contributed by atoms with Crippen molar-refractivity contribution < 1.29 is 14.6 Å². The molecule has 9 heteroatoms. The van der Waals surface area contributed by atoms with Crippen molar-refractivity contribution in [1.29, 1.82) is 0 Å². The Hall–Kier alpha value is -3.99. The van der Waals surface area contributed by atoms with Crippen molar-refractivity contribution in [3.05, 3.63) is 83.6 Å². The van der Waals surface area contributed by atoms with Gasteiger partial charge in [-0.25, -0.2) is 9.78 Å². The molecule has 1 radical (unpaired) electrons. The molecule has 0 atom stereocenters. The van der Waals surface area contributed by atoms with E-state index in [1.807, 2.05) is 73.7 Å². The minimum atomic E-state index is -1.02. The van der Waals surface area contributed by atoms with Crippen LogP contribution in [-0.4, -0.2) is 55.5 Å². The van der Waals surface area contributed by atoms with Crippen molar-refractivity contribution in [2.24, 2.45) is 0 Å². The summed E-state index contributed by atoms with van der Waals surface area (Å²) < 4.78 is 6.28. The van der Waals surface area contributed by atoms with Gasteiger partial charge in [0.1, 0.15) is 11.3 Å². The number of aromatic carboxylic acids is 1. The Morgan fingerprint density at radius 3 is 2.42 bits per heavy atom. The number of fused-ring (bicyclic) bond motifs is 1. The molecule has 1 saturated carbocycles. The summed E-state index contributed by atoms with van der Waals surface area (Å²) in [4.78, 5) is 17.3. The maximum atomic E-state index is 12.4. The predicted molar refractivity (Wildman–Crippen MR) is 136 cm³/mol. The van der Waals surface area contributed by atoms with Crippen molar-refractivity contribution in [3.8, 4) is 34.0 Å². The van der Waals surface area contributed by atoms with Gasteiger partial charge in [0.2, 0.25) is 5.82 Å². The molecule has 0 aliphatic heterocycles. The van der Waals surface area contributed by atoms with Crippen LogP contribution in [0.25, 0.3) is 33.4 Å². The van der Waals surface area contributed by atoms with Crippen LogP contribution < -0.4 is 4.74 Å². The number of tetrazole rings is 1. The van der Waals surface area contributed by atoms with Gasteiger partial charge in [-0.05, 0) is 59.9 Å². The summed E-state index contributed by atoms with van der Waals surface area (Å²) in [7, 11) is 0. The van der Waals surface area contributed by atoms with Crippen LogP contribution in [0.15, 0.2) is 66.7 Å². The largest absolute Gasteiger partial charge is 0.478 e. The van der Waals surface area contributed by atoms with Gasteiger partial charge in [-0.1, -0.05) is 48.5 Å². The third-order valence-corrected chi connectivity index (χ3v) is 6.28. The van der Waals surface area contributed by atoms with E-state index in [1.54, 1.807) is 0 Å². The molecule has 1 aliphatic rings. The molecule has 0 bridgehead atoms. The Labute approximate surface area is 218 Å². The molecular formula is C27H21LiN5O3. The van der Waals surface area contributed by atoms with Crippen LogP contribution in [0.3, 0.4) is 0 Å². The van der Waals surface area contributed by atoms with E-state index in [1.165, 1.54) is 0 Å². The van der Waals surface area contributed by atoms with Crippen molar-refractivity contribution in [2.75, 3.05) is 0 Å². The number of rotatable bonds is 6.